The van der Waals surface area contributed by atoms with Crippen molar-refractivity contribution in [2.75, 3.05) is 5.32 Å². The summed E-state index contributed by atoms with van der Waals surface area (Å²) in [6.07, 6.45) is 0. The molecule has 2 aromatic carbocycles. The van der Waals surface area contributed by atoms with Gasteiger partial charge in [-0.25, -0.2) is 0 Å². The summed E-state index contributed by atoms with van der Waals surface area (Å²) in [4.78, 5) is 0. The van der Waals surface area contributed by atoms with Gasteiger partial charge in [0.15, 0.2) is 0 Å². The largest absolute Gasteiger partial charge is 0.381 e. The summed E-state index contributed by atoms with van der Waals surface area (Å²) in [6, 6.07) is 12.9. The van der Waals surface area contributed by atoms with E-state index in [1.807, 2.05) is 0 Å². The molecule has 0 aromatic heterocycles. The first-order valence-electron chi connectivity index (χ1n) is 6.12. The van der Waals surface area contributed by atoms with Gasteiger partial charge in [0.05, 0.1) is 0 Å². The van der Waals surface area contributed by atoms with Gasteiger partial charge in [-0.3, -0.25) is 0 Å². The van der Waals surface area contributed by atoms with Crippen LogP contribution in [0, 0.1) is 20.8 Å². The summed E-state index contributed by atoms with van der Waals surface area (Å²) in [7, 11) is 0. The standard InChI is InChI=1S/C16H18BrN/c1-11-4-5-14(8-12(11)2)10-18-15-6-7-16(17)13(3)9-15/h4-9,18H,10H2,1-3H3. The topological polar surface area (TPSA) is 12.0 Å². The molecule has 0 spiro atoms. The van der Waals surface area contributed by atoms with Gasteiger partial charge >= 0.3 is 0 Å². The Hall–Kier alpha value is -1.28. The van der Waals surface area contributed by atoms with Crippen LogP contribution in [0.3, 0.4) is 0 Å². The quantitative estimate of drug-likeness (QED) is 0.842. The molecule has 2 rings (SSSR count). The summed E-state index contributed by atoms with van der Waals surface area (Å²) in [6.45, 7) is 7.26. The SMILES string of the molecule is Cc1ccc(CNc2ccc(Br)c(C)c2)cc1C. The molecule has 0 aliphatic rings. The molecule has 1 nitrogen and oxygen atoms in total. The molecule has 0 aliphatic carbocycles. The number of anilines is 1. The van der Waals surface area contributed by atoms with Crippen LogP contribution in [-0.4, -0.2) is 0 Å². The Morgan fingerprint density at radius 1 is 0.889 bits per heavy atom. The molecule has 94 valence electrons. The van der Waals surface area contributed by atoms with Gasteiger partial charge in [0.2, 0.25) is 0 Å². The minimum atomic E-state index is 0.863. The van der Waals surface area contributed by atoms with Crippen LogP contribution >= 0.6 is 15.9 Å². The van der Waals surface area contributed by atoms with Crippen LogP contribution in [-0.2, 0) is 6.54 Å². The lowest BCUT2D eigenvalue weighted by Crippen LogP contribution is -2.00. The average Bonchev–Trinajstić information content (AvgIpc) is 2.35. The smallest absolute Gasteiger partial charge is 0.0400 e. The zero-order valence-corrected chi connectivity index (χ0v) is 12.6. The number of benzene rings is 2. The molecule has 2 aromatic rings. The number of rotatable bonds is 3. The van der Waals surface area contributed by atoms with Crippen molar-refractivity contribution in [1.29, 1.82) is 0 Å². The number of hydrogen-bond acceptors (Lipinski definition) is 1. The molecular formula is C16H18BrN. The van der Waals surface area contributed by atoms with E-state index in [-0.39, 0.29) is 0 Å². The lowest BCUT2D eigenvalue weighted by molar-refractivity contribution is 1.13. The Morgan fingerprint density at radius 2 is 1.67 bits per heavy atom. The van der Waals surface area contributed by atoms with Gasteiger partial charge in [0.25, 0.3) is 0 Å². The molecule has 0 saturated carbocycles. The van der Waals surface area contributed by atoms with Crippen LogP contribution in [0.15, 0.2) is 40.9 Å². The molecule has 0 aliphatic heterocycles. The molecule has 0 heterocycles. The maximum absolute atomic E-state index is 3.52. The zero-order valence-electron chi connectivity index (χ0n) is 11.0. The van der Waals surface area contributed by atoms with Crippen molar-refractivity contribution in [3.8, 4) is 0 Å². The maximum Gasteiger partial charge on any atom is 0.0400 e. The molecule has 0 atom stereocenters. The van der Waals surface area contributed by atoms with Gasteiger partial charge in [-0.15, -0.1) is 0 Å². The number of hydrogen-bond donors (Lipinski definition) is 1. The van der Waals surface area contributed by atoms with Crippen LogP contribution < -0.4 is 5.32 Å². The Bertz CT molecular complexity index is 510. The molecule has 0 fully saturated rings. The van der Waals surface area contributed by atoms with E-state index in [1.165, 1.54) is 22.3 Å². The van der Waals surface area contributed by atoms with Crippen molar-refractivity contribution in [3.63, 3.8) is 0 Å². The van der Waals surface area contributed by atoms with Crippen molar-refractivity contribution in [2.24, 2.45) is 0 Å². The van der Waals surface area contributed by atoms with Gasteiger partial charge in [-0.2, -0.15) is 0 Å². The molecular weight excluding hydrogens is 286 g/mol. The summed E-state index contributed by atoms with van der Waals surface area (Å²) < 4.78 is 1.15. The minimum Gasteiger partial charge on any atom is -0.381 e. The fraction of sp³-hybridized carbons (Fsp3) is 0.250. The lowest BCUT2D eigenvalue weighted by atomic mass is 10.1. The second-order valence-electron chi connectivity index (χ2n) is 4.74. The van der Waals surface area contributed by atoms with Gasteiger partial charge in [0.1, 0.15) is 0 Å². The molecule has 0 radical (unpaired) electrons. The average molecular weight is 304 g/mol. The summed E-state index contributed by atoms with van der Waals surface area (Å²) in [5.74, 6) is 0. The fourth-order valence-corrected chi connectivity index (χ4v) is 2.12. The first-order valence-corrected chi connectivity index (χ1v) is 6.92. The second kappa shape index (κ2) is 5.57. The molecule has 0 bridgehead atoms. The van der Waals surface area contributed by atoms with Gasteiger partial charge in [0, 0.05) is 16.7 Å². The van der Waals surface area contributed by atoms with Crippen LogP contribution in [0.2, 0.25) is 0 Å². The third kappa shape index (κ3) is 3.14. The van der Waals surface area contributed by atoms with Crippen molar-refractivity contribution in [1.82, 2.24) is 0 Å². The highest BCUT2D eigenvalue weighted by molar-refractivity contribution is 9.10. The Kier molecular flexibility index (Phi) is 4.07. The normalized spacial score (nSPS) is 10.4. The monoisotopic (exact) mass is 303 g/mol. The van der Waals surface area contributed by atoms with Crippen LogP contribution in [0.4, 0.5) is 5.69 Å². The van der Waals surface area contributed by atoms with Crippen LogP contribution in [0.25, 0.3) is 0 Å². The molecule has 18 heavy (non-hydrogen) atoms. The highest BCUT2D eigenvalue weighted by Gasteiger charge is 1.99. The summed E-state index contributed by atoms with van der Waals surface area (Å²) in [5.41, 5.74) is 6.42. The van der Waals surface area contributed by atoms with E-state index in [1.54, 1.807) is 0 Å². The Balaban J connectivity index is 2.06. The van der Waals surface area contributed by atoms with Crippen molar-refractivity contribution in [3.05, 3.63) is 63.1 Å². The van der Waals surface area contributed by atoms with Crippen molar-refractivity contribution >= 4 is 21.6 Å². The molecule has 0 amide bonds. The van der Waals surface area contributed by atoms with E-state index in [4.69, 9.17) is 0 Å². The van der Waals surface area contributed by atoms with E-state index < -0.39 is 0 Å². The van der Waals surface area contributed by atoms with E-state index >= 15 is 0 Å². The third-order valence-electron chi connectivity index (χ3n) is 3.23. The van der Waals surface area contributed by atoms with E-state index in [2.05, 4.69) is 78.4 Å². The van der Waals surface area contributed by atoms with E-state index in [0.717, 1.165) is 16.7 Å². The maximum atomic E-state index is 3.52. The van der Waals surface area contributed by atoms with Gasteiger partial charge < -0.3 is 5.32 Å². The first kappa shape index (κ1) is 13.2. The number of aryl methyl sites for hydroxylation is 3. The highest BCUT2D eigenvalue weighted by Crippen LogP contribution is 2.20. The lowest BCUT2D eigenvalue weighted by Gasteiger charge is -2.09. The minimum absolute atomic E-state index is 0.863. The third-order valence-corrected chi connectivity index (χ3v) is 4.12. The Morgan fingerprint density at radius 3 is 2.33 bits per heavy atom. The second-order valence-corrected chi connectivity index (χ2v) is 5.59. The fourth-order valence-electron chi connectivity index (χ4n) is 1.87. The van der Waals surface area contributed by atoms with Gasteiger partial charge in [-0.05, 0) is 61.2 Å². The zero-order chi connectivity index (χ0) is 13.1. The summed E-state index contributed by atoms with van der Waals surface area (Å²) >= 11 is 3.52. The first-order chi connectivity index (χ1) is 8.56. The van der Waals surface area contributed by atoms with Crippen LogP contribution in [0.1, 0.15) is 22.3 Å². The predicted molar refractivity (Wildman–Crippen MR) is 82.1 cm³/mol. The summed E-state index contributed by atoms with van der Waals surface area (Å²) in [5, 5.41) is 3.45. The van der Waals surface area contributed by atoms with Crippen LogP contribution in [0.5, 0.6) is 0 Å². The highest BCUT2D eigenvalue weighted by atomic mass is 79.9. The van der Waals surface area contributed by atoms with Crippen molar-refractivity contribution < 1.29 is 0 Å². The predicted octanol–water partition coefficient (Wildman–Crippen LogP) is 4.99. The molecule has 1 N–H and O–H groups in total. The van der Waals surface area contributed by atoms with Crippen molar-refractivity contribution in [2.45, 2.75) is 27.3 Å². The van der Waals surface area contributed by atoms with E-state index in [0.29, 0.717) is 0 Å². The Labute approximate surface area is 117 Å². The van der Waals surface area contributed by atoms with Gasteiger partial charge in [-0.1, -0.05) is 34.1 Å². The molecule has 0 saturated heterocycles. The number of nitrogens with one attached hydrogen (secondary N) is 1. The van der Waals surface area contributed by atoms with E-state index in [9.17, 15) is 0 Å². The molecule has 2 heteroatoms. The molecule has 0 unspecified atom stereocenters. The number of halogens is 1.